The van der Waals surface area contributed by atoms with Gasteiger partial charge in [0.2, 0.25) is 0 Å². The largest absolute Gasteiger partial charge is 0.493 e. The second kappa shape index (κ2) is 10.4. The number of unbranched alkanes of at least 4 members (excludes halogenated alkanes) is 1. The van der Waals surface area contributed by atoms with Gasteiger partial charge in [0.05, 0.1) is 13.7 Å². The Morgan fingerprint density at radius 1 is 0.931 bits per heavy atom. The molecule has 1 N–H and O–H groups in total. The second-order valence-corrected chi connectivity index (χ2v) is 6.76. The van der Waals surface area contributed by atoms with Crippen molar-refractivity contribution in [1.29, 1.82) is 0 Å². The molecule has 0 aliphatic heterocycles. The lowest BCUT2D eigenvalue weighted by Crippen LogP contribution is -2.28. The molecule has 0 aromatic heterocycles. The SMILES string of the molecule is CCCCOc1ccc(CNC(=O)COc2ccc3ccccc3c2)cc1OC. The summed E-state index contributed by atoms with van der Waals surface area (Å²) in [6, 6.07) is 19.5. The number of carbonyl (C=O) groups is 1. The predicted octanol–water partition coefficient (Wildman–Crippen LogP) is 4.72. The van der Waals surface area contributed by atoms with Gasteiger partial charge in [-0.1, -0.05) is 49.7 Å². The van der Waals surface area contributed by atoms with Gasteiger partial charge >= 0.3 is 0 Å². The molecule has 152 valence electrons. The Morgan fingerprint density at radius 3 is 2.55 bits per heavy atom. The molecule has 0 saturated heterocycles. The zero-order valence-corrected chi connectivity index (χ0v) is 16.9. The molecule has 0 spiro atoms. The summed E-state index contributed by atoms with van der Waals surface area (Å²) >= 11 is 0. The lowest BCUT2D eigenvalue weighted by atomic mass is 10.1. The summed E-state index contributed by atoms with van der Waals surface area (Å²) in [6.45, 7) is 3.14. The molecule has 0 aliphatic carbocycles. The minimum absolute atomic E-state index is 0.0340. The van der Waals surface area contributed by atoms with Crippen LogP contribution in [0.25, 0.3) is 10.8 Å². The molecule has 0 atom stereocenters. The van der Waals surface area contributed by atoms with Crippen LogP contribution >= 0.6 is 0 Å². The predicted molar refractivity (Wildman–Crippen MR) is 115 cm³/mol. The Kier molecular flexibility index (Phi) is 7.34. The standard InChI is InChI=1S/C24H27NO4/c1-3-4-13-28-22-12-9-18(14-23(22)27-2)16-25-24(26)17-29-21-11-10-19-7-5-6-8-20(19)15-21/h5-12,14-15H,3-4,13,16-17H2,1-2H3,(H,25,26). The van der Waals surface area contributed by atoms with Gasteiger partial charge in [0.1, 0.15) is 5.75 Å². The third-order valence-electron chi connectivity index (χ3n) is 4.56. The monoisotopic (exact) mass is 393 g/mol. The number of hydrogen-bond acceptors (Lipinski definition) is 4. The number of carbonyl (C=O) groups excluding carboxylic acids is 1. The maximum absolute atomic E-state index is 12.2. The highest BCUT2D eigenvalue weighted by molar-refractivity contribution is 5.84. The molecule has 0 heterocycles. The number of ether oxygens (including phenoxy) is 3. The number of methoxy groups -OCH3 is 1. The molecular formula is C24H27NO4. The second-order valence-electron chi connectivity index (χ2n) is 6.76. The van der Waals surface area contributed by atoms with Crippen molar-refractivity contribution in [3.8, 4) is 17.2 Å². The minimum Gasteiger partial charge on any atom is -0.493 e. The summed E-state index contributed by atoms with van der Waals surface area (Å²) in [5.41, 5.74) is 0.934. The zero-order valence-electron chi connectivity index (χ0n) is 16.9. The molecular weight excluding hydrogens is 366 g/mol. The highest BCUT2D eigenvalue weighted by Gasteiger charge is 2.08. The van der Waals surface area contributed by atoms with E-state index in [1.807, 2.05) is 60.7 Å². The van der Waals surface area contributed by atoms with E-state index in [0.29, 0.717) is 24.7 Å². The van der Waals surface area contributed by atoms with Crippen molar-refractivity contribution in [1.82, 2.24) is 5.32 Å². The van der Waals surface area contributed by atoms with Crippen LogP contribution < -0.4 is 19.5 Å². The summed E-state index contributed by atoms with van der Waals surface area (Å²) < 4.78 is 16.8. The minimum atomic E-state index is -0.180. The first-order valence-electron chi connectivity index (χ1n) is 9.87. The molecule has 3 aromatic carbocycles. The first-order chi connectivity index (χ1) is 14.2. The highest BCUT2D eigenvalue weighted by Crippen LogP contribution is 2.28. The summed E-state index contributed by atoms with van der Waals surface area (Å²) in [5.74, 6) is 1.88. The van der Waals surface area contributed by atoms with Gasteiger partial charge in [-0.2, -0.15) is 0 Å². The smallest absolute Gasteiger partial charge is 0.258 e. The lowest BCUT2D eigenvalue weighted by molar-refractivity contribution is -0.123. The summed E-state index contributed by atoms with van der Waals surface area (Å²) in [6.07, 6.45) is 2.08. The Morgan fingerprint density at radius 2 is 1.76 bits per heavy atom. The molecule has 5 nitrogen and oxygen atoms in total. The molecule has 29 heavy (non-hydrogen) atoms. The van der Waals surface area contributed by atoms with Crippen LogP contribution in [0.15, 0.2) is 60.7 Å². The Balaban J connectivity index is 1.50. The van der Waals surface area contributed by atoms with E-state index in [0.717, 1.165) is 34.9 Å². The van der Waals surface area contributed by atoms with Crippen molar-refractivity contribution < 1.29 is 19.0 Å². The van der Waals surface area contributed by atoms with E-state index in [1.165, 1.54) is 0 Å². The van der Waals surface area contributed by atoms with Crippen molar-refractivity contribution >= 4 is 16.7 Å². The van der Waals surface area contributed by atoms with Gasteiger partial charge in [-0.3, -0.25) is 4.79 Å². The fourth-order valence-electron chi connectivity index (χ4n) is 2.93. The molecule has 0 aliphatic rings. The number of benzene rings is 3. The molecule has 3 rings (SSSR count). The van der Waals surface area contributed by atoms with Crippen molar-refractivity contribution in [2.75, 3.05) is 20.3 Å². The zero-order chi connectivity index (χ0) is 20.5. The van der Waals surface area contributed by atoms with Crippen molar-refractivity contribution in [3.63, 3.8) is 0 Å². The number of hydrogen-bond donors (Lipinski definition) is 1. The van der Waals surface area contributed by atoms with Crippen molar-refractivity contribution in [2.24, 2.45) is 0 Å². The fraction of sp³-hybridized carbons (Fsp3) is 0.292. The van der Waals surface area contributed by atoms with Gasteiger partial charge in [0, 0.05) is 6.54 Å². The van der Waals surface area contributed by atoms with Crippen molar-refractivity contribution in [3.05, 3.63) is 66.2 Å². The maximum Gasteiger partial charge on any atom is 0.258 e. The summed E-state index contributed by atoms with van der Waals surface area (Å²) in [4.78, 5) is 12.2. The normalized spacial score (nSPS) is 10.6. The molecule has 0 unspecified atom stereocenters. The molecule has 1 amide bonds. The van der Waals surface area contributed by atoms with Crippen LogP contribution in [0.5, 0.6) is 17.2 Å². The van der Waals surface area contributed by atoms with Gasteiger partial charge in [-0.05, 0) is 47.0 Å². The first kappa shape index (κ1) is 20.5. The number of nitrogens with one attached hydrogen (secondary N) is 1. The summed E-state index contributed by atoms with van der Waals surface area (Å²) in [7, 11) is 1.61. The van der Waals surface area contributed by atoms with Gasteiger partial charge in [0.25, 0.3) is 5.91 Å². The molecule has 0 fully saturated rings. The van der Waals surface area contributed by atoms with E-state index in [4.69, 9.17) is 14.2 Å². The Bertz CT molecular complexity index is 955. The average molecular weight is 393 g/mol. The molecule has 5 heteroatoms. The third kappa shape index (κ3) is 5.88. The van der Waals surface area contributed by atoms with E-state index >= 15 is 0 Å². The lowest BCUT2D eigenvalue weighted by Gasteiger charge is -2.13. The highest BCUT2D eigenvalue weighted by atomic mass is 16.5. The van der Waals surface area contributed by atoms with Crippen LogP contribution in [0.3, 0.4) is 0 Å². The van der Waals surface area contributed by atoms with Crippen LogP contribution in [-0.2, 0) is 11.3 Å². The van der Waals surface area contributed by atoms with E-state index in [2.05, 4.69) is 12.2 Å². The quantitative estimate of drug-likeness (QED) is 0.506. The maximum atomic E-state index is 12.2. The van der Waals surface area contributed by atoms with Gasteiger partial charge in [-0.25, -0.2) is 0 Å². The van der Waals surface area contributed by atoms with Gasteiger partial charge < -0.3 is 19.5 Å². The number of rotatable bonds is 10. The first-order valence-corrected chi connectivity index (χ1v) is 9.87. The molecule has 0 saturated carbocycles. The van der Waals surface area contributed by atoms with E-state index < -0.39 is 0 Å². The molecule has 0 bridgehead atoms. The van der Waals surface area contributed by atoms with Gasteiger partial charge in [-0.15, -0.1) is 0 Å². The molecule has 3 aromatic rings. The van der Waals surface area contributed by atoms with Crippen molar-refractivity contribution in [2.45, 2.75) is 26.3 Å². The van der Waals surface area contributed by atoms with Crippen LogP contribution in [0.4, 0.5) is 0 Å². The Labute approximate surface area is 171 Å². The summed E-state index contributed by atoms with van der Waals surface area (Å²) in [5, 5.41) is 5.09. The van der Waals surface area contributed by atoms with Gasteiger partial charge in [0.15, 0.2) is 18.1 Å². The van der Waals surface area contributed by atoms with E-state index in [-0.39, 0.29) is 12.5 Å². The third-order valence-corrected chi connectivity index (χ3v) is 4.56. The average Bonchev–Trinajstić information content (AvgIpc) is 2.76. The molecule has 0 radical (unpaired) electrons. The number of fused-ring (bicyclic) bond motifs is 1. The number of amides is 1. The van der Waals surface area contributed by atoms with Crippen LogP contribution in [0, 0.1) is 0 Å². The van der Waals surface area contributed by atoms with Crippen LogP contribution in [0.1, 0.15) is 25.3 Å². The topological polar surface area (TPSA) is 56.8 Å². The van der Waals surface area contributed by atoms with Crippen LogP contribution in [-0.4, -0.2) is 26.2 Å². The fourth-order valence-corrected chi connectivity index (χ4v) is 2.93. The van der Waals surface area contributed by atoms with E-state index in [9.17, 15) is 4.79 Å². The Hall–Kier alpha value is -3.21. The van der Waals surface area contributed by atoms with Crippen LogP contribution in [0.2, 0.25) is 0 Å². The van der Waals surface area contributed by atoms with E-state index in [1.54, 1.807) is 7.11 Å².